The summed E-state index contributed by atoms with van der Waals surface area (Å²) in [7, 11) is 0. The summed E-state index contributed by atoms with van der Waals surface area (Å²) >= 11 is 0. The van der Waals surface area contributed by atoms with Crippen molar-refractivity contribution in [1.82, 2.24) is 30.2 Å². The van der Waals surface area contributed by atoms with E-state index < -0.39 is 11.9 Å². The molecule has 1 unspecified atom stereocenters. The minimum absolute atomic E-state index is 0. The van der Waals surface area contributed by atoms with Crippen molar-refractivity contribution in [2.45, 2.75) is 45.1 Å². The Kier molecular flexibility index (Phi) is 8.18. The van der Waals surface area contributed by atoms with Gasteiger partial charge in [-0.3, -0.25) is 4.79 Å². The van der Waals surface area contributed by atoms with Crippen LogP contribution in [0.1, 0.15) is 71.6 Å². The minimum Gasteiger partial charge on any atom is -0.478 e. The molecule has 1 atom stereocenters. The molecule has 0 aliphatic rings. The van der Waals surface area contributed by atoms with Gasteiger partial charge in [0.1, 0.15) is 0 Å². The van der Waals surface area contributed by atoms with Gasteiger partial charge in [0.15, 0.2) is 11.6 Å². The number of imidazole rings is 1. The molecule has 2 aromatic heterocycles. The largest absolute Gasteiger partial charge is 0.478 e. The number of anilines is 1. The quantitative estimate of drug-likeness (QED) is 0.425. The molecule has 0 radical (unpaired) electrons. The van der Waals surface area contributed by atoms with Gasteiger partial charge < -0.3 is 20.5 Å². The molecule has 30 heavy (non-hydrogen) atoms. The number of unbranched alkanes of at least 4 members (excludes halogenated alkanes) is 3. The molecule has 0 fully saturated rings. The summed E-state index contributed by atoms with van der Waals surface area (Å²) in [6, 6.07) is 5.91. The van der Waals surface area contributed by atoms with Crippen molar-refractivity contribution in [2.75, 3.05) is 5.32 Å². The molecule has 1 amide bonds. The van der Waals surface area contributed by atoms with E-state index in [1.165, 1.54) is 12.1 Å². The monoisotopic (exact) mass is 415 g/mol. The molecular formula is C19H25N7O4. The molecule has 0 spiro atoms. The highest BCUT2D eigenvalue weighted by Gasteiger charge is 2.20. The Balaban J connectivity index is 0.00000320. The number of hydrogen-bond acceptors (Lipinski definition) is 6. The van der Waals surface area contributed by atoms with Crippen LogP contribution in [0.25, 0.3) is 0 Å². The van der Waals surface area contributed by atoms with Crippen molar-refractivity contribution in [3.05, 3.63) is 53.7 Å². The average molecular weight is 415 g/mol. The van der Waals surface area contributed by atoms with E-state index in [9.17, 15) is 14.7 Å². The second kappa shape index (κ2) is 10.8. The van der Waals surface area contributed by atoms with Crippen LogP contribution in [0.4, 0.5) is 5.82 Å². The summed E-state index contributed by atoms with van der Waals surface area (Å²) in [6.07, 6.45) is 8.54. The topological polar surface area (TPSA) is 170 Å². The lowest BCUT2D eigenvalue weighted by molar-refractivity contribution is 0.0692. The number of aromatic amines is 1. The first kappa shape index (κ1) is 22.7. The zero-order valence-corrected chi connectivity index (χ0v) is 16.6. The van der Waals surface area contributed by atoms with Gasteiger partial charge in [0.05, 0.1) is 23.5 Å². The number of aromatic carboxylic acids is 1. The number of aromatic nitrogens is 6. The van der Waals surface area contributed by atoms with Gasteiger partial charge in [0.25, 0.3) is 5.91 Å². The van der Waals surface area contributed by atoms with E-state index in [1.807, 2.05) is 4.57 Å². The fourth-order valence-corrected chi connectivity index (χ4v) is 3.12. The van der Waals surface area contributed by atoms with Gasteiger partial charge in [0, 0.05) is 6.20 Å². The second-order valence-electron chi connectivity index (χ2n) is 6.66. The first-order valence-corrected chi connectivity index (χ1v) is 9.51. The van der Waals surface area contributed by atoms with Gasteiger partial charge in [0.2, 0.25) is 0 Å². The maximum atomic E-state index is 12.5. The number of H-pyrrole nitrogens is 1. The zero-order valence-electron chi connectivity index (χ0n) is 16.6. The number of carbonyl (C=O) groups is 2. The van der Waals surface area contributed by atoms with E-state index in [0.29, 0.717) is 11.6 Å². The summed E-state index contributed by atoms with van der Waals surface area (Å²) in [5, 5.41) is 26.0. The van der Waals surface area contributed by atoms with E-state index in [2.05, 4.69) is 37.8 Å². The molecule has 0 aliphatic carbocycles. The molecule has 0 bridgehead atoms. The minimum atomic E-state index is -1.16. The normalized spacial score (nSPS) is 11.5. The third-order valence-electron chi connectivity index (χ3n) is 4.61. The van der Waals surface area contributed by atoms with Crippen LogP contribution in [0.3, 0.4) is 0 Å². The number of carbonyl (C=O) groups excluding carboxylic acids is 1. The fraction of sp³-hybridized carbons (Fsp3) is 0.368. The van der Waals surface area contributed by atoms with E-state index in [-0.39, 0.29) is 22.6 Å². The smallest absolute Gasteiger partial charge is 0.336 e. The van der Waals surface area contributed by atoms with Crippen LogP contribution >= 0.6 is 0 Å². The standard InChI is InChI=1S/C19H23N7O3.H2O/c1-2-3-4-5-10-15(17-22-24-25-23-17)26-11-16(20-12-26)21-18(27)13-8-6-7-9-14(13)19(28)29;/h6-9,11-12,15H,2-5,10H2,1H3,(H,21,27)(H,28,29)(H,22,23,24,25);1H2. The van der Waals surface area contributed by atoms with Crippen molar-refractivity contribution in [2.24, 2.45) is 0 Å². The number of tetrazole rings is 1. The third kappa shape index (κ3) is 5.47. The molecule has 2 heterocycles. The third-order valence-corrected chi connectivity index (χ3v) is 4.61. The van der Waals surface area contributed by atoms with Gasteiger partial charge in [-0.15, -0.1) is 5.10 Å². The highest BCUT2D eigenvalue weighted by atomic mass is 16.4. The van der Waals surface area contributed by atoms with Crippen LogP contribution in [0.15, 0.2) is 36.8 Å². The molecule has 1 aromatic carbocycles. The average Bonchev–Trinajstić information content (AvgIpc) is 3.40. The first-order valence-electron chi connectivity index (χ1n) is 9.51. The molecule has 0 aliphatic heterocycles. The van der Waals surface area contributed by atoms with E-state index in [4.69, 9.17) is 0 Å². The molecule has 3 aromatic rings. The summed E-state index contributed by atoms with van der Waals surface area (Å²) in [5.74, 6) is -0.755. The van der Waals surface area contributed by atoms with E-state index in [1.54, 1.807) is 24.7 Å². The van der Waals surface area contributed by atoms with Crippen LogP contribution in [0.2, 0.25) is 0 Å². The van der Waals surface area contributed by atoms with Crippen molar-refractivity contribution in [3.63, 3.8) is 0 Å². The molecule has 0 saturated carbocycles. The molecule has 5 N–H and O–H groups in total. The summed E-state index contributed by atoms with van der Waals surface area (Å²) in [5.41, 5.74) is 0.0102. The van der Waals surface area contributed by atoms with Crippen LogP contribution in [0, 0.1) is 0 Å². The Hall–Kier alpha value is -3.60. The fourth-order valence-electron chi connectivity index (χ4n) is 3.12. The van der Waals surface area contributed by atoms with Gasteiger partial charge >= 0.3 is 5.97 Å². The predicted molar refractivity (Wildman–Crippen MR) is 108 cm³/mol. The van der Waals surface area contributed by atoms with Gasteiger partial charge in [-0.25, -0.2) is 14.9 Å². The lowest BCUT2D eigenvalue weighted by Crippen LogP contribution is -2.16. The molecule has 0 saturated heterocycles. The number of nitrogens with zero attached hydrogens (tertiary/aromatic N) is 5. The molecule has 160 valence electrons. The van der Waals surface area contributed by atoms with Crippen molar-refractivity contribution < 1.29 is 20.2 Å². The van der Waals surface area contributed by atoms with Crippen LogP contribution < -0.4 is 5.32 Å². The molecule has 11 nitrogen and oxygen atoms in total. The number of nitrogens with one attached hydrogen (secondary N) is 2. The Morgan fingerprint density at radius 2 is 1.97 bits per heavy atom. The first-order chi connectivity index (χ1) is 14.1. The lowest BCUT2D eigenvalue weighted by atomic mass is 10.1. The number of carboxylic acids is 1. The van der Waals surface area contributed by atoms with Crippen LogP contribution in [-0.4, -0.2) is 52.6 Å². The Labute approximate surface area is 172 Å². The zero-order chi connectivity index (χ0) is 20.6. The van der Waals surface area contributed by atoms with E-state index >= 15 is 0 Å². The second-order valence-corrected chi connectivity index (χ2v) is 6.66. The number of carboxylic acid groups (broad SMARTS) is 1. The number of rotatable bonds is 10. The molecule has 11 heteroatoms. The highest BCUT2D eigenvalue weighted by Crippen LogP contribution is 2.23. The Bertz CT molecular complexity index is 955. The summed E-state index contributed by atoms with van der Waals surface area (Å²) in [6.45, 7) is 2.16. The van der Waals surface area contributed by atoms with Crippen molar-refractivity contribution >= 4 is 17.7 Å². The lowest BCUT2D eigenvalue weighted by Gasteiger charge is -2.15. The van der Waals surface area contributed by atoms with Crippen molar-refractivity contribution in [1.29, 1.82) is 0 Å². The van der Waals surface area contributed by atoms with Gasteiger partial charge in [-0.2, -0.15) is 0 Å². The number of amides is 1. The van der Waals surface area contributed by atoms with Gasteiger partial charge in [-0.1, -0.05) is 44.7 Å². The van der Waals surface area contributed by atoms with Crippen LogP contribution in [-0.2, 0) is 0 Å². The molecular weight excluding hydrogens is 390 g/mol. The van der Waals surface area contributed by atoms with E-state index in [0.717, 1.165) is 32.1 Å². The van der Waals surface area contributed by atoms with Crippen LogP contribution in [0.5, 0.6) is 0 Å². The predicted octanol–water partition coefficient (Wildman–Crippen LogP) is 2.08. The SMILES string of the molecule is CCCCCCC(c1nnn[nH]1)n1cnc(NC(=O)c2ccccc2C(=O)O)c1.O. The highest BCUT2D eigenvalue weighted by molar-refractivity contribution is 6.10. The Morgan fingerprint density at radius 1 is 1.20 bits per heavy atom. The van der Waals surface area contributed by atoms with Gasteiger partial charge in [-0.05, 0) is 29.0 Å². The maximum absolute atomic E-state index is 12.5. The van der Waals surface area contributed by atoms with Crippen molar-refractivity contribution in [3.8, 4) is 0 Å². The Morgan fingerprint density at radius 3 is 2.63 bits per heavy atom. The number of benzene rings is 1. The molecule has 3 rings (SSSR count). The summed E-state index contributed by atoms with van der Waals surface area (Å²) < 4.78 is 1.84. The number of hydrogen-bond donors (Lipinski definition) is 3. The maximum Gasteiger partial charge on any atom is 0.336 e. The summed E-state index contributed by atoms with van der Waals surface area (Å²) in [4.78, 5) is 28.1.